The summed E-state index contributed by atoms with van der Waals surface area (Å²) in [5.41, 5.74) is 2.08. The van der Waals surface area contributed by atoms with Crippen LogP contribution >= 0.6 is 22.6 Å². The summed E-state index contributed by atoms with van der Waals surface area (Å²) in [5, 5.41) is 4.59. The molecule has 1 aliphatic rings. The first-order valence-electron chi connectivity index (χ1n) is 7.27. The molecule has 0 amide bonds. The predicted octanol–water partition coefficient (Wildman–Crippen LogP) is 4.67. The van der Waals surface area contributed by atoms with Gasteiger partial charge in [0.25, 0.3) is 0 Å². The maximum Gasteiger partial charge on any atom is 0.0857 e. The molecule has 1 aliphatic heterocycles. The van der Waals surface area contributed by atoms with Gasteiger partial charge in [-0.15, -0.1) is 0 Å². The summed E-state index contributed by atoms with van der Waals surface area (Å²) in [6.45, 7) is 8.61. The van der Waals surface area contributed by atoms with Gasteiger partial charge in [0, 0.05) is 21.8 Å². The summed E-state index contributed by atoms with van der Waals surface area (Å²) in [6, 6.07) is 8.80. The highest BCUT2D eigenvalue weighted by atomic mass is 127. The fraction of sp³-hybridized carbons (Fsp3) is 0.471. The third kappa shape index (κ3) is 3.01. The number of nitrogens with zero attached hydrogens (tertiary/aromatic N) is 2. The summed E-state index contributed by atoms with van der Waals surface area (Å²) in [4.78, 5) is 0. The molecule has 2 aromatic rings. The molecule has 1 unspecified atom stereocenters. The van der Waals surface area contributed by atoms with Crippen molar-refractivity contribution in [2.75, 3.05) is 0 Å². The van der Waals surface area contributed by atoms with Gasteiger partial charge >= 0.3 is 0 Å². The lowest BCUT2D eigenvalue weighted by Crippen LogP contribution is -2.31. The average molecular weight is 396 g/mol. The zero-order valence-electron chi connectivity index (χ0n) is 12.9. The molecule has 0 spiro atoms. The molecule has 2 heterocycles. The number of benzene rings is 1. The number of rotatable bonds is 2. The second kappa shape index (κ2) is 5.09. The van der Waals surface area contributed by atoms with Crippen molar-refractivity contribution in [3.8, 4) is 11.1 Å². The van der Waals surface area contributed by atoms with E-state index < -0.39 is 0 Å². The molecule has 1 atom stereocenters. The molecule has 0 saturated carbocycles. The first kappa shape index (κ1) is 15.0. The van der Waals surface area contributed by atoms with Gasteiger partial charge in [0.05, 0.1) is 23.4 Å². The molecule has 0 radical (unpaired) electrons. The Bertz CT molecular complexity index is 643. The first-order chi connectivity index (χ1) is 9.77. The van der Waals surface area contributed by atoms with Gasteiger partial charge in [-0.25, -0.2) is 0 Å². The Labute approximate surface area is 139 Å². The predicted molar refractivity (Wildman–Crippen MR) is 93.3 cm³/mol. The minimum atomic E-state index is -0.196. The largest absolute Gasteiger partial charge is 0.367 e. The highest BCUT2D eigenvalue weighted by Crippen LogP contribution is 2.44. The third-order valence-electron chi connectivity index (χ3n) is 4.13. The number of hydrogen-bond donors (Lipinski definition) is 0. The van der Waals surface area contributed by atoms with E-state index in [1.807, 2.05) is 6.20 Å². The van der Waals surface area contributed by atoms with Crippen molar-refractivity contribution < 1.29 is 4.74 Å². The van der Waals surface area contributed by atoms with Crippen LogP contribution in [0.15, 0.2) is 36.7 Å². The van der Waals surface area contributed by atoms with Crippen molar-refractivity contribution in [1.29, 1.82) is 0 Å². The molecule has 1 fully saturated rings. The van der Waals surface area contributed by atoms with Gasteiger partial charge in [0.2, 0.25) is 0 Å². The van der Waals surface area contributed by atoms with Gasteiger partial charge in [0.15, 0.2) is 0 Å². The highest BCUT2D eigenvalue weighted by Gasteiger charge is 2.47. The van der Waals surface area contributed by atoms with Crippen LogP contribution in [0.4, 0.5) is 0 Å². The van der Waals surface area contributed by atoms with Crippen molar-refractivity contribution in [2.24, 2.45) is 0 Å². The van der Waals surface area contributed by atoms with Crippen molar-refractivity contribution in [2.45, 2.75) is 51.4 Å². The Morgan fingerprint density at radius 1 is 1.14 bits per heavy atom. The van der Waals surface area contributed by atoms with Crippen LogP contribution < -0.4 is 0 Å². The second-order valence-electron chi connectivity index (χ2n) is 6.90. The van der Waals surface area contributed by atoms with E-state index >= 15 is 0 Å². The third-order valence-corrected chi connectivity index (χ3v) is 4.84. The van der Waals surface area contributed by atoms with Crippen LogP contribution in [0.5, 0.6) is 0 Å². The Hall–Kier alpha value is -0.880. The lowest BCUT2D eigenvalue weighted by molar-refractivity contribution is -0.0737. The van der Waals surface area contributed by atoms with Gasteiger partial charge in [-0.05, 0) is 68.0 Å². The molecule has 0 N–H and O–H groups in total. The van der Waals surface area contributed by atoms with E-state index in [0.29, 0.717) is 0 Å². The Balaban J connectivity index is 1.90. The van der Waals surface area contributed by atoms with Crippen LogP contribution in [-0.2, 0) is 4.74 Å². The molecular weight excluding hydrogens is 375 g/mol. The normalized spacial score (nSPS) is 23.4. The van der Waals surface area contributed by atoms with Crippen molar-refractivity contribution in [3.63, 3.8) is 0 Å². The Morgan fingerprint density at radius 3 is 2.38 bits per heavy atom. The van der Waals surface area contributed by atoms with E-state index in [-0.39, 0.29) is 17.2 Å². The van der Waals surface area contributed by atoms with Crippen LogP contribution in [0, 0.1) is 3.57 Å². The molecule has 4 heteroatoms. The van der Waals surface area contributed by atoms with Gasteiger partial charge in [-0.1, -0.05) is 12.1 Å². The van der Waals surface area contributed by atoms with Gasteiger partial charge in [0.1, 0.15) is 0 Å². The molecule has 0 bridgehead atoms. The maximum absolute atomic E-state index is 6.17. The monoisotopic (exact) mass is 396 g/mol. The maximum atomic E-state index is 6.17. The lowest BCUT2D eigenvalue weighted by atomic mass is 9.94. The molecule has 1 aromatic heterocycles. The summed E-state index contributed by atoms with van der Waals surface area (Å²) in [5.74, 6) is 0. The molecule has 1 aromatic carbocycles. The van der Waals surface area contributed by atoms with Crippen LogP contribution in [0.2, 0.25) is 0 Å². The van der Waals surface area contributed by atoms with Crippen molar-refractivity contribution in [3.05, 3.63) is 40.2 Å². The fourth-order valence-corrected chi connectivity index (χ4v) is 3.60. The number of halogens is 1. The topological polar surface area (TPSA) is 27.1 Å². The smallest absolute Gasteiger partial charge is 0.0857 e. The number of hydrogen-bond acceptors (Lipinski definition) is 2. The first-order valence-corrected chi connectivity index (χ1v) is 8.35. The summed E-state index contributed by atoms with van der Waals surface area (Å²) < 4.78 is 9.49. The lowest BCUT2D eigenvalue weighted by Gasteiger charge is -2.27. The SMILES string of the molecule is CC1(C)CC(n2cc(-c3ccc(I)cc3)cn2)C(C)(C)O1. The molecule has 112 valence electrons. The molecule has 0 aliphatic carbocycles. The van der Waals surface area contributed by atoms with Crippen LogP contribution in [0.3, 0.4) is 0 Å². The standard InChI is InChI=1S/C17H21IN2O/c1-16(2)9-15(17(3,4)21-16)20-11-13(10-19-20)12-5-7-14(18)8-6-12/h5-8,10-11,15H,9H2,1-4H3. The van der Waals surface area contributed by atoms with Crippen molar-refractivity contribution >= 4 is 22.6 Å². The van der Waals surface area contributed by atoms with Crippen molar-refractivity contribution in [1.82, 2.24) is 9.78 Å². The summed E-state index contributed by atoms with van der Waals surface area (Å²) in [7, 11) is 0. The number of ether oxygens (including phenoxy) is 1. The molecule has 21 heavy (non-hydrogen) atoms. The van der Waals surface area contributed by atoms with Gasteiger partial charge in [-0.3, -0.25) is 4.68 Å². The highest BCUT2D eigenvalue weighted by molar-refractivity contribution is 14.1. The summed E-state index contributed by atoms with van der Waals surface area (Å²) in [6.07, 6.45) is 5.07. The molecule has 1 saturated heterocycles. The van der Waals surface area contributed by atoms with Gasteiger partial charge < -0.3 is 4.74 Å². The van der Waals surface area contributed by atoms with E-state index in [0.717, 1.165) is 12.0 Å². The van der Waals surface area contributed by atoms with Crippen LogP contribution in [0.1, 0.15) is 40.2 Å². The zero-order chi connectivity index (χ0) is 15.3. The van der Waals surface area contributed by atoms with Crippen LogP contribution in [-0.4, -0.2) is 21.0 Å². The van der Waals surface area contributed by atoms with E-state index in [4.69, 9.17) is 4.74 Å². The van der Waals surface area contributed by atoms with E-state index in [1.165, 1.54) is 9.13 Å². The second-order valence-corrected chi connectivity index (χ2v) is 8.15. The van der Waals surface area contributed by atoms with Crippen LogP contribution in [0.25, 0.3) is 11.1 Å². The fourth-order valence-electron chi connectivity index (χ4n) is 3.25. The average Bonchev–Trinajstić information content (AvgIpc) is 2.92. The van der Waals surface area contributed by atoms with E-state index in [9.17, 15) is 0 Å². The van der Waals surface area contributed by atoms with E-state index in [2.05, 4.69) is 90.5 Å². The molecule has 3 nitrogen and oxygen atoms in total. The Kier molecular flexibility index (Phi) is 3.64. The minimum absolute atomic E-state index is 0.0941. The summed E-state index contributed by atoms with van der Waals surface area (Å²) >= 11 is 2.32. The van der Waals surface area contributed by atoms with E-state index in [1.54, 1.807) is 0 Å². The molecule has 3 rings (SSSR count). The minimum Gasteiger partial charge on any atom is -0.367 e. The van der Waals surface area contributed by atoms with Gasteiger partial charge in [-0.2, -0.15) is 5.10 Å². The molecular formula is C17H21IN2O. The Morgan fingerprint density at radius 2 is 1.81 bits per heavy atom. The zero-order valence-corrected chi connectivity index (χ0v) is 15.1. The quantitative estimate of drug-likeness (QED) is 0.690. The number of aromatic nitrogens is 2.